The summed E-state index contributed by atoms with van der Waals surface area (Å²) in [5.74, 6) is -1.23. The van der Waals surface area contributed by atoms with E-state index in [2.05, 4.69) is 9.47 Å². The number of hydrogen-bond acceptors (Lipinski definition) is 5. The van der Waals surface area contributed by atoms with Gasteiger partial charge in [-0.15, -0.1) is 0 Å². The second-order valence-electron chi connectivity index (χ2n) is 3.47. The number of esters is 2. The van der Waals surface area contributed by atoms with Crippen molar-refractivity contribution in [3.05, 3.63) is 11.6 Å². The molecule has 0 spiro atoms. The van der Waals surface area contributed by atoms with Crippen LogP contribution in [0.15, 0.2) is 11.6 Å². The second-order valence-corrected chi connectivity index (χ2v) is 3.47. The third-order valence-electron chi connectivity index (χ3n) is 2.62. The van der Waals surface area contributed by atoms with Crippen LogP contribution in [0.1, 0.15) is 12.8 Å². The zero-order valence-electron chi connectivity index (χ0n) is 8.78. The molecule has 5 nitrogen and oxygen atoms in total. The molecule has 1 aliphatic rings. The van der Waals surface area contributed by atoms with Crippen LogP contribution >= 0.6 is 0 Å². The van der Waals surface area contributed by atoms with E-state index in [1.807, 2.05) is 0 Å². The molecule has 0 aromatic rings. The van der Waals surface area contributed by atoms with Crippen molar-refractivity contribution >= 4 is 11.9 Å². The highest BCUT2D eigenvalue weighted by molar-refractivity contribution is 6.01. The van der Waals surface area contributed by atoms with Crippen LogP contribution in [-0.2, 0) is 19.1 Å². The Morgan fingerprint density at radius 3 is 2.27 bits per heavy atom. The first-order valence-electron chi connectivity index (χ1n) is 4.56. The van der Waals surface area contributed by atoms with Crippen molar-refractivity contribution in [3.63, 3.8) is 0 Å². The predicted molar refractivity (Wildman–Crippen MR) is 50.9 cm³/mol. The number of rotatable bonds is 3. The van der Waals surface area contributed by atoms with Gasteiger partial charge in [-0.2, -0.15) is 0 Å². The van der Waals surface area contributed by atoms with E-state index < -0.39 is 17.4 Å². The van der Waals surface area contributed by atoms with Gasteiger partial charge < -0.3 is 14.6 Å². The summed E-state index contributed by atoms with van der Waals surface area (Å²) in [6.07, 6.45) is 2.07. The average Bonchev–Trinajstić information content (AvgIpc) is 2.72. The quantitative estimate of drug-likeness (QED) is 0.407. The van der Waals surface area contributed by atoms with Crippen molar-refractivity contribution in [2.75, 3.05) is 20.8 Å². The van der Waals surface area contributed by atoms with Crippen LogP contribution in [0.5, 0.6) is 0 Å². The number of aliphatic hydroxyl groups excluding tert-OH is 1. The molecule has 0 radical (unpaired) electrons. The first kappa shape index (κ1) is 11.7. The molecule has 0 unspecified atom stereocenters. The molecule has 0 atom stereocenters. The first-order chi connectivity index (χ1) is 7.10. The van der Waals surface area contributed by atoms with E-state index in [9.17, 15) is 9.59 Å². The molecule has 5 heteroatoms. The SMILES string of the molecule is COC(=O)C1(C(=O)OC)CC=C(CO)C1. The minimum Gasteiger partial charge on any atom is -0.468 e. The fourth-order valence-electron chi connectivity index (χ4n) is 1.76. The van der Waals surface area contributed by atoms with Crippen LogP contribution in [-0.4, -0.2) is 37.9 Å². The van der Waals surface area contributed by atoms with Crippen LogP contribution in [0.4, 0.5) is 0 Å². The molecule has 0 aromatic carbocycles. The molecule has 0 amide bonds. The molecule has 0 heterocycles. The summed E-state index contributed by atoms with van der Waals surface area (Å²) in [4.78, 5) is 23.1. The molecule has 0 saturated carbocycles. The van der Waals surface area contributed by atoms with Gasteiger partial charge in [0.15, 0.2) is 5.41 Å². The lowest BCUT2D eigenvalue weighted by molar-refractivity contribution is -0.168. The topological polar surface area (TPSA) is 72.8 Å². The third-order valence-corrected chi connectivity index (χ3v) is 2.62. The normalized spacial score (nSPS) is 18.2. The van der Waals surface area contributed by atoms with Crippen LogP contribution in [0, 0.1) is 5.41 Å². The highest BCUT2D eigenvalue weighted by Gasteiger charge is 2.50. The van der Waals surface area contributed by atoms with Crippen LogP contribution < -0.4 is 0 Å². The predicted octanol–water partition coefficient (Wildman–Crippen LogP) is 0.0313. The fourth-order valence-corrected chi connectivity index (χ4v) is 1.76. The average molecular weight is 214 g/mol. The summed E-state index contributed by atoms with van der Waals surface area (Å²) >= 11 is 0. The second kappa shape index (κ2) is 4.44. The molecule has 1 rings (SSSR count). The van der Waals surface area contributed by atoms with Crippen molar-refractivity contribution in [3.8, 4) is 0 Å². The lowest BCUT2D eigenvalue weighted by Crippen LogP contribution is -2.39. The van der Waals surface area contributed by atoms with E-state index in [0.29, 0.717) is 5.57 Å². The van der Waals surface area contributed by atoms with Crippen LogP contribution in [0.3, 0.4) is 0 Å². The maximum absolute atomic E-state index is 11.6. The Kier molecular flexibility index (Phi) is 3.47. The maximum atomic E-state index is 11.6. The smallest absolute Gasteiger partial charge is 0.323 e. The number of ether oxygens (including phenoxy) is 2. The Morgan fingerprint density at radius 1 is 1.40 bits per heavy atom. The Balaban J connectivity index is 2.92. The Labute approximate surface area is 87.7 Å². The van der Waals surface area contributed by atoms with E-state index in [-0.39, 0.29) is 19.4 Å². The molecular weight excluding hydrogens is 200 g/mol. The third kappa shape index (κ3) is 1.87. The zero-order chi connectivity index (χ0) is 11.5. The van der Waals surface area contributed by atoms with E-state index in [1.165, 1.54) is 14.2 Å². The number of methoxy groups -OCH3 is 2. The molecular formula is C10H14O5. The molecule has 0 aliphatic heterocycles. The monoisotopic (exact) mass is 214 g/mol. The van der Waals surface area contributed by atoms with E-state index in [4.69, 9.17) is 5.11 Å². The highest BCUT2D eigenvalue weighted by Crippen LogP contribution is 2.39. The van der Waals surface area contributed by atoms with Gasteiger partial charge in [0, 0.05) is 0 Å². The van der Waals surface area contributed by atoms with Crippen molar-refractivity contribution in [1.82, 2.24) is 0 Å². The minimum absolute atomic E-state index is 0.157. The molecule has 0 bridgehead atoms. The van der Waals surface area contributed by atoms with Gasteiger partial charge in [-0.1, -0.05) is 6.08 Å². The first-order valence-corrected chi connectivity index (χ1v) is 4.56. The minimum atomic E-state index is -1.29. The Hall–Kier alpha value is -1.36. The standard InChI is InChI=1S/C10H14O5/c1-14-8(12)10(9(13)15-2)4-3-7(5-10)6-11/h3,11H,4-6H2,1-2H3. The van der Waals surface area contributed by atoms with Gasteiger partial charge in [-0.25, -0.2) is 0 Å². The summed E-state index contributed by atoms with van der Waals surface area (Å²) in [6.45, 7) is -0.157. The molecule has 1 N–H and O–H groups in total. The van der Waals surface area contributed by atoms with Gasteiger partial charge in [0.05, 0.1) is 20.8 Å². The molecule has 1 aliphatic carbocycles. The molecule has 0 saturated heterocycles. The van der Waals surface area contributed by atoms with Crippen LogP contribution in [0.2, 0.25) is 0 Å². The summed E-state index contributed by atoms with van der Waals surface area (Å²) in [6, 6.07) is 0. The largest absolute Gasteiger partial charge is 0.468 e. The van der Waals surface area contributed by atoms with Gasteiger partial charge in [0.1, 0.15) is 0 Å². The summed E-state index contributed by atoms with van der Waals surface area (Å²) < 4.78 is 9.20. The number of allylic oxidation sites excluding steroid dienone is 1. The summed E-state index contributed by atoms with van der Waals surface area (Å²) in [5, 5.41) is 8.93. The summed E-state index contributed by atoms with van der Waals surface area (Å²) in [7, 11) is 2.45. The summed E-state index contributed by atoms with van der Waals surface area (Å²) in [5.41, 5.74) is -0.632. The van der Waals surface area contributed by atoms with E-state index >= 15 is 0 Å². The van der Waals surface area contributed by atoms with Crippen molar-refractivity contribution in [2.45, 2.75) is 12.8 Å². The molecule has 84 valence electrons. The maximum Gasteiger partial charge on any atom is 0.323 e. The number of carbonyl (C=O) groups excluding carboxylic acids is 2. The van der Waals surface area contributed by atoms with Crippen molar-refractivity contribution < 1.29 is 24.2 Å². The van der Waals surface area contributed by atoms with Gasteiger partial charge in [0.25, 0.3) is 0 Å². The van der Waals surface area contributed by atoms with Gasteiger partial charge in [-0.3, -0.25) is 9.59 Å². The van der Waals surface area contributed by atoms with Gasteiger partial charge in [0.2, 0.25) is 0 Å². The fraction of sp³-hybridized carbons (Fsp3) is 0.600. The van der Waals surface area contributed by atoms with Crippen LogP contribution in [0.25, 0.3) is 0 Å². The van der Waals surface area contributed by atoms with Crippen molar-refractivity contribution in [1.29, 1.82) is 0 Å². The molecule has 0 fully saturated rings. The van der Waals surface area contributed by atoms with Crippen molar-refractivity contribution in [2.24, 2.45) is 5.41 Å². The number of aliphatic hydroxyl groups is 1. The Bertz CT molecular complexity index is 289. The lowest BCUT2D eigenvalue weighted by atomic mass is 9.84. The number of hydrogen-bond donors (Lipinski definition) is 1. The van der Waals surface area contributed by atoms with Gasteiger partial charge in [-0.05, 0) is 18.4 Å². The molecule has 15 heavy (non-hydrogen) atoms. The van der Waals surface area contributed by atoms with E-state index in [1.54, 1.807) is 6.08 Å². The highest BCUT2D eigenvalue weighted by atomic mass is 16.5. The molecule has 0 aromatic heterocycles. The van der Waals surface area contributed by atoms with Gasteiger partial charge >= 0.3 is 11.9 Å². The van der Waals surface area contributed by atoms with E-state index in [0.717, 1.165) is 0 Å². The number of carbonyl (C=O) groups is 2. The lowest BCUT2D eigenvalue weighted by Gasteiger charge is -2.22. The Morgan fingerprint density at radius 2 is 1.93 bits per heavy atom. The zero-order valence-corrected chi connectivity index (χ0v) is 8.78.